The molecule has 88 valence electrons. The summed E-state index contributed by atoms with van der Waals surface area (Å²) in [6.07, 6.45) is 3.28. The number of halogens is 1. The lowest BCUT2D eigenvalue weighted by molar-refractivity contribution is -0.140. The molecule has 1 aliphatic carbocycles. The molecule has 17 heavy (non-hydrogen) atoms. The summed E-state index contributed by atoms with van der Waals surface area (Å²) in [6.45, 7) is 0. The quantitative estimate of drug-likeness (QED) is 0.889. The number of carbonyl (C=O) groups is 1. The molecule has 0 atom stereocenters. The van der Waals surface area contributed by atoms with E-state index in [9.17, 15) is 9.90 Å². The summed E-state index contributed by atoms with van der Waals surface area (Å²) in [5.74, 6) is -0.732. The van der Waals surface area contributed by atoms with Gasteiger partial charge in [0.1, 0.15) is 0 Å². The maximum absolute atomic E-state index is 11.3. The molecule has 0 aliphatic heterocycles. The fraction of sp³-hybridized carbons (Fsp3) is 0.308. The standard InChI is InChI=1S/C13H12ClNO2/c1-15-7-10(14)9-6-8(2-3-11(9)15)13(4-5-13)12(16)17/h2-3,6-7H,4-5H2,1H3,(H,16,17). The molecular weight excluding hydrogens is 238 g/mol. The number of hydrogen-bond donors (Lipinski definition) is 1. The molecular formula is C13H12ClNO2. The van der Waals surface area contributed by atoms with E-state index in [0.29, 0.717) is 5.02 Å². The van der Waals surface area contributed by atoms with Crippen molar-refractivity contribution in [3.63, 3.8) is 0 Å². The van der Waals surface area contributed by atoms with Crippen molar-refractivity contribution in [2.24, 2.45) is 7.05 Å². The molecule has 2 aromatic rings. The van der Waals surface area contributed by atoms with Crippen LogP contribution in [-0.4, -0.2) is 15.6 Å². The largest absolute Gasteiger partial charge is 0.481 e. The Kier molecular flexibility index (Phi) is 2.05. The fourth-order valence-corrected chi connectivity index (χ4v) is 2.69. The van der Waals surface area contributed by atoms with E-state index in [-0.39, 0.29) is 0 Å². The number of carboxylic acid groups (broad SMARTS) is 1. The third-order valence-electron chi connectivity index (χ3n) is 3.65. The van der Waals surface area contributed by atoms with Crippen molar-refractivity contribution in [1.82, 2.24) is 4.57 Å². The van der Waals surface area contributed by atoms with Crippen LogP contribution in [0.25, 0.3) is 10.9 Å². The Hall–Kier alpha value is -1.48. The van der Waals surface area contributed by atoms with E-state index < -0.39 is 11.4 Å². The van der Waals surface area contributed by atoms with Crippen LogP contribution in [0.15, 0.2) is 24.4 Å². The van der Waals surface area contributed by atoms with Crippen molar-refractivity contribution in [2.75, 3.05) is 0 Å². The minimum Gasteiger partial charge on any atom is -0.481 e. The van der Waals surface area contributed by atoms with Gasteiger partial charge in [-0.25, -0.2) is 0 Å². The Bertz CT molecular complexity index is 626. The summed E-state index contributed by atoms with van der Waals surface area (Å²) in [6, 6.07) is 5.76. The molecule has 0 spiro atoms. The third-order valence-corrected chi connectivity index (χ3v) is 3.95. The normalized spacial score (nSPS) is 17.3. The van der Waals surface area contributed by atoms with Gasteiger partial charge in [0.25, 0.3) is 0 Å². The van der Waals surface area contributed by atoms with Gasteiger partial charge in [-0.15, -0.1) is 0 Å². The van der Waals surface area contributed by atoms with Gasteiger partial charge in [-0.05, 0) is 30.5 Å². The number of aryl methyl sites for hydroxylation is 1. The molecule has 0 radical (unpaired) electrons. The highest BCUT2D eigenvalue weighted by atomic mass is 35.5. The number of hydrogen-bond acceptors (Lipinski definition) is 1. The van der Waals surface area contributed by atoms with Crippen LogP contribution in [0.1, 0.15) is 18.4 Å². The van der Waals surface area contributed by atoms with E-state index in [1.165, 1.54) is 0 Å². The molecule has 3 rings (SSSR count). The Morgan fingerprint density at radius 3 is 2.76 bits per heavy atom. The van der Waals surface area contributed by atoms with Crippen molar-refractivity contribution < 1.29 is 9.90 Å². The van der Waals surface area contributed by atoms with Crippen LogP contribution in [0.4, 0.5) is 0 Å². The third kappa shape index (κ3) is 1.39. The minimum atomic E-state index is -0.732. The second-order valence-electron chi connectivity index (χ2n) is 4.71. The SMILES string of the molecule is Cn1cc(Cl)c2cc(C3(C(=O)O)CC3)ccc21. The van der Waals surface area contributed by atoms with Gasteiger partial charge in [0.05, 0.1) is 10.4 Å². The maximum Gasteiger partial charge on any atom is 0.314 e. The van der Waals surface area contributed by atoms with Crippen LogP contribution in [-0.2, 0) is 17.3 Å². The average Bonchev–Trinajstić information content (AvgIpc) is 3.04. The van der Waals surface area contributed by atoms with Gasteiger partial charge in [0, 0.05) is 24.1 Å². The van der Waals surface area contributed by atoms with Crippen LogP contribution >= 0.6 is 11.6 Å². The highest BCUT2D eigenvalue weighted by Gasteiger charge is 2.51. The Morgan fingerprint density at radius 2 is 2.18 bits per heavy atom. The van der Waals surface area contributed by atoms with Crippen molar-refractivity contribution in [3.8, 4) is 0 Å². The second kappa shape index (κ2) is 3.26. The Morgan fingerprint density at radius 1 is 1.47 bits per heavy atom. The summed E-state index contributed by atoms with van der Waals surface area (Å²) in [7, 11) is 1.93. The summed E-state index contributed by atoms with van der Waals surface area (Å²) in [5.41, 5.74) is 1.23. The highest BCUT2D eigenvalue weighted by molar-refractivity contribution is 6.35. The Balaban J connectivity index is 2.21. The molecule has 1 aliphatic rings. The molecule has 0 amide bonds. The predicted octanol–water partition coefficient (Wildman–Crippen LogP) is 2.95. The number of aliphatic carboxylic acids is 1. The van der Waals surface area contributed by atoms with E-state index in [1.54, 1.807) is 0 Å². The average molecular weight is 250 g/mol. The first-order valence-corrected chi connectivity index (χ1v) is 5.91. The van der Waals surface area contributed by atoms with Crippen LogP contribution < -0.4 is 0 Å². The van der Waals surface area contributed by atoms with E-state index in [4.69, 9.17) is 11.6 Å². The number of nitrogens with zero attached hydrogens (tertiary/aromatic N) is 1. The van der Waals surface area contributed by atoms with Crippen molar-refractivity contribution in [1.29, 1.82) is 0 Å². The lowest BCUT2D eigenvalue weighted by Crippen LogP contribution is -2.19. The molecule has 4 heteroatoms. The molecule has 0 bridgehead atoms. The van der Waals surface area contributed by atoms with Crippen LogP contribution in [0.5, 0.6) is 0 Å². The molecule has 1 N–H and O–H groups in total. The first kappa shape index (κ1) is 10.7. The lowest BCUT2D eigenvalue weighted by Gasteiger charge is -2.10. The van der Waals surface area contributed by atoms with Gasteiger partial charge < -0.3 is 9.67 Å². The van der Waals surface area contributed by atoms with E-state index in [0.717, 1.165) is 29.3 Å². The minimum absolute atomic E-state index is 0.659. The molecule has 1 aromatic carbocycles. The topological polar surface area (TPSA) is 42.2 Å². The molecule has 1 saturated carbocycles. The number of benzene rings is 1. The van der Waals surface area contributed by atoms with Crippen molar-refractivity contribution >= 4 is 28.5 Å². The number of aromatic nitrogens is 1. The van der Waals surface area contributed by atoms with Gasteiger partial charge in [-0.1, -0.05) is 17.7 Å². The second-order valence-corrected chi connectivity index (χ2v) is 5.11. The van der Waals surface area contributed by atoms with E-state index in [2.05, 4.69) is 0 Å². The maximum atomic E-state index is 11.3. The summed E-state index contributed by atoms with van der Waals surface area (Å²) >= 11 is 6.13. The van der Waals surface area contributed by atoms with E-state index in [1.807, 2.05) is 36.0 Å². The van der Waals surface area contributed by atoms with Crippen molar-refractivity contribution in [2.45, 2.75) is 18.3 Å². The molecule has 0 unspecified atom stereocenters. The molecule has 1 aromatic heterocycles. The van der Waals surface area contributed by atoms with Crippen LogP contribution in [0, 0.1) is 0 Å². The van der Waals surface area contributed by atoms with Gasteiger partial charge in [-0.3, -0.25) is 4.79 Å². The van der Waals surface area contributed by atoms with Crippen molar-refractivity contribution in [3.05, 3.63) is 35.0 Å². The summed E-state index contributed by atoms with van der Waals surface area (Å²) < 4.78 is 1.95. The predicted molar refractivity (Wildman–Crippen MR) is 66.5 cm³/mol. The Labute approximate surface area is 104 Å². The van der Waals surface area contributed by atoms with E-state index >= 15 is 0 Å². The van der Waals surface area contributed by atoms with Crippen LogP contribution in [0.3, 0.4) is 0 Å². The van der Waals surface area contributed by atoms with Gasteiger partial charge in [0.2, 0.25) is 0 Å². The monoisotopic (exact) mass is 249 g/mol. The summed E-state index contributed by atoms with van der Waals surface area (Å²) in [4.78, 5) is 11.3. The molecule has 1 heterocycles. The van der Waals surface area contributed by atoms with Crippen LogP contribution in [0.2, 0.25) is 5.02 Å². The molecule has 1 fully saturated rings. The number of fused-ring (bicyclic) bond motifs is 1. The summed E-state index contributed by atoms with van der Waals surface area (Å²) in [5, 5.41) is 10.9. The smallest absolute Gasteiger partial charge is 0.314 e. The number of carboxylic acids is 1. The van der Waals surface area contributed by atoms with Gasteiger partial charge in [-0.2, -0.15) is 0 Å². The molecule has 0 saturated heterocycles. The number of rotatable bonds is 2. The zero-order valence-corrected chi connectivity index (χ0v) is 10.2. The first-order valence-electron chi connectivity index (χ1n) is 5.53. The van der Waals surface area contributed by atoms with Gasteiger partial charge >= 0.3 is 5.97 Å². The first-order chi connectivity index (χ1) is 8.04. The zero-order chi connectivity index (χ0) is 12.2. The van der Waals surface area contributed by atoms with Gasteiger partial charge in [0.15, 0.2) is 0 Å². The zero-order valence-electron chi connectivity index (χ0n) is 9.40. The lowest BCUT2D eigenvalue weighted by atomic mass is 9.95. The molecule has 3 nitrogen and oxygen atoms in total. The highest BCUT2D eigenvalue weighted by Crippen LogP contribution is 2.49. The fourth-order valence-electron chi connectivity index (χ4n) is 2.39.